The lowest BCUT2D eigenvalue weighted by atomic mass is 9.94. The summed E-state index contributed by atoms with van der Waals surface area (Å²) in [5.41, 5.74) is 5.88. The molecule has 0 fully saturated rings. The minimum atomic E-state index is -0.412. The first-order chi connectivity index (χ1) is 15.4. The summed E-state index contributed by atoms with van der Waals surface area (Å²) in [5.74, 6) is 0.00402. The largest absolute Gasteiger partial charge is 0.507 e. The van der Waals surface area contributed by atoms with E-state index in [2.05, 4.69) is 15.2 Å². The third kappa shape index (κ3) is 3.33. The fourth-order valence-corrected chi connectivity index (χ4v) is 4.62. The van der Waals surface area contributed by atoms with Gasteiger partial charge in [-0.1, -0.05) is 35.9 Å². The fraction of sp³-hybridized carbons (Fsp3) is 0.160. The average Bonchev–Trinajstić information content (AvgIpc) is 3.31. The number of amides is 1. The van der Waals surface area contributed by atoms with E-state index in [0.717, 1.165) is 27.8 Å². The van der Waals surface area contributed by atoms with Crippen molar-refractivity contribution in [1.29, 1.82) is 0 Å². The zero-order chi connectivity index (χ0) is 22.4. The molecule has 7 heteroatoms. The molecule has 0 bridgehead atoms. The highest BCUT2D eigenvalue weighted by molar-refractivity contribution is 6.30. The van der Waals surface area contributed by atoms with Gasteiger partial charge in [0.1, 0.15) is 17.1 Å². The monoisotopic (exact) mass is 444 g/mol. The lowest BCUT2D eigenvalue weighted by Crippen LogP contribution is -2.29. The summed E-state index contributed by atoms with van der Waals surface area (Å²) in [7, 11) is 0. The number of aromatic nitrogens is 3. The number of aromatic hydroxyl groups is 1. The number of carbonyl (C=O) groups excluding carboxylic acids is 1. The van der Waals surface area contributed by atoms with Crippen LogP contribution in [0.3, 0.4) is 0 Å². The summed E-state index contributed by atoms with van der Waals surface area (Å²) in [5, 5.41) is 18.8. The van der Waals surface area contributed by atoms with Gasteiger partial charge in [-0.05, 0) is 60.4 Å². The second-order valence-electron chi connectivity index (χ2n) is 8.09. The zero-order valence-electron chi connectivity index (χ0n) is 17.6. The number of aryl methyl sites for hydroxylation is 2. The van der Waals surface area contributed by atoms with Crippen LogP contribution in [0.1, 0.15) is 44.3 Å². The molecule has 32 heavy (non-hydrogen) atoms. The van der Waals surface area contributed by atoms with Crippen molar-refractivity contribution in [3.8, 4) is 17.0 Å². The maximum absolute atomic E-state index is 13.5. The smallest absolute Gasteiger partial charge is 0.273 e. The van der Waals surface area contributed by atoms with E-state index in [9.17, 15) is 9.90 Å². The molecule has 0 saturated carbocycles. The quantitative estimate of drug-likeness (QED) is 0.453. The van der Waals surface area contributed by atoms with Gasteiger partial charge in [-0.3, -0.25) is 14.9 Å². The number of rotatable bonds is 4. The number of hydrogen-bond acceptors (Lipinski definition) is 4. The van der Waals surface area contributed by atoms with Crippen molar-refractivity contribution in [2.75, 3.05) is 0 Å². The number of hydrogen-bond donors (Lipinski definition) is 2. The number of pyridine rings is 1. The molecule has 4 aromatic rings. The van der Waals surface area contributed by atoms with Gasteiger partial charge in [0.2, 0.25) is 0 Å². The first kappa shape index (κ1) is 20.3. The number of nitrogens with one attached hydrogen (secondary N) is 1. The number of benzene rings is 2. The van der Waals surface area contributed by atoms with Crippen molar-refractivity contribution < 1.29 is 9.90 Å². The van der Waals surface area contributed by atoms with Crippen LogP contribution < -0.4 is 0 Å². The number of phenols is 1. The molecular weight excluding hydrogens is 424 g/mol. The first-order valence-corrected chi connectivity index (χ1v) is 10.7. The molecule has 5 rings (SSSR count). The third-order valence-corrected chi connectivity index (χ3v) is 6.04. The summed E-state index contributed by atoms with van der Waals surface area (Å²) < 4.78 is 0. The molecule has 1 atom stereocenters. The Morgan fingerprint density at radius 1 is 1.16 bits per heavy atom. The Balaban J connectivity index is 1.70. The van der Waals surface area contributed by atoms with Crippen molar-refractivity contribution in [1.82, 2.24) is 20.1 Å². The van der Waals surface area contributed by atoms with E-state index in [1.807, 2.05) is 56.3 Å². The van der Waals surface area contributed by atoms with E-state index in [-0.39, 0.29) is 11.7 Å². The van der Waals surface area contributed by atoms with Crippen LogP contribution in [0.2, 0.25) is 5.02 Å². The molecule has 0 saturated heterocycles. The topological polar surface area (TPSA) is 82.1 Å². The average molecular weight is 445 g/mol. The van der Waals surface area contributed by atoms with Crippen LogP contribution in [-0.2, 0) is 6.54 Å². The predicted octanol–water partition coefficient (Wildman–Crippen LogP) is 5.19. The highest BCUT2D eigenvalue weighted by atomic mass is 35.5. The Hall–Kier alpha value is -3.64. The molecule has 1 aliphatic rings. The highest BCUT2D eigenvalue weighted by Crippen LogP contribution is 2.46. The van der Waals surface area contributed by atoms with Crippen LogP contribution in [0.5, 0.6) is 5.75 Å². The SMILES string of the molecule is Cc1cc(C)c(O)c(-c2n[nH]c3c2C(c2cccc(Cl)c2)N(Cc2cccnc2)C3=O)c1. The molecule has 0 radical (unpaired) electrons. The molecule has 1 aliphatic heterocycles. The van der Waals surface area contributed by atoms with Gasteiger partial charge >= 0.3 is 0 Å². The zero-order valence-corrected chi connectivity index (χ0v) is 18.4. The number of nitrogens with zero attached hydrogens (tertiary/aromatic N) is 3. The molecule has 0 aliphatic carbocycles. The van der Waals surface area contributed by atoms with E-state index in [0.29, 0.717) is 28.5 Å². The van der Waals surface area contributed by atoms with E-state index >= 15 is 0 Å². The predicted molar refractivity (Wildman–Crippen MR) is 123 cm³/mol. The van der Waals surface area contributed by atoms with Gasteiger partial charge in [-0.15, -0.1) is 0 Å². The summed E-state index contributed by atoms with van der Waals surface area (Å²) in [6.07, 6.45) is 3.46. The van der Waals surface area contributed by atoms with E-state index in [1.54, 1.807) is 23.4 Å². The summed E-state index contributed by atoms with van der Waals surface area (Å²) in [6.45, 7) is 4.20. The highest BCUT2D eigenvalue weighted by Gasteiger charge is 2.42. The Morgan fingerprint density at radius 3 is 2.75 bits per heavy atom. The van der Waals surface area contributed by atoms with Gasteiger partial charge in [-0.2, -0.15) is 5.10 Å². The normalized spacial score (nSPS) is 15.3. The standard InChI is InChI=1S/C25H21ClN4O2/c1-14-9-15(2)24(31)19(10-14)21-20-22(29-28-21)25(32)30(13-16-5-4-8-27-12-16)23(20)17-6-3-7-18(26)11-17/h3-12,23,31H,13H2,1-2H3,(H,28,29). The lowest BCUT2D eigenvalue weighted by Gasteiger charge is -2.26. The molecule has 160 valence electrons. The minimum Gasteiger partial charge on any atom is -0.507 e. The summed E-state index contributed by atoms with van der Waals surface area (Å²) in [4.78, 5) is 19.4. The minimum absolute atomic E-state index is 0.156. The molecule has 6 nitrogen and oxygen atoms in total. The number of phenolic OH excluding ortho intramolecular Hbond substituents is 1. The van der Waals surface area contributed by atoms with Gasteiger partial charge in [-0.25, -0.2) is 0 Å². The third-order valence-electron chi connectivity index (χ3n) is 5.80. The van der Waals surface area contributed by atoms with Gasteiger partial charge in [0.25, 0.3) is 5.91 Å². The van der Waals surface area contributed by atoms with E-state index in [1.165, 1.54) is 0 Å². The molecule has 3 heterocycles. The maximum atomic E-state index is 13.5. The first-order valence-electron chi connectivity index (χ1n) is 10.3. The Bertz CT molecular complexity index is 1330. The fourth-order valence-electron chi connectivity index (χ4n) is 4.42. The Labute approximate surface area is 190 Å². The van der Waals surface area contributed by atoms with Gasteiger partial charge in [0, 0.05) is 35.1 Å². The number of aromatic amines is 1. The molecule has 0 spiro atoms. The van der Waals surface area contributed by atoms with Crippen molar-refractivity contribution in [2.45, 2.75) is 26.4 Å². The number of fused-ring (bicyclic) bond motifs is 1. The molecule has 1 unspecified atom stereocenters. The van der Waals surface area contributed by atoms with Crippen molar-refractivity contribution in [2.24, 2.45) is 0 Å². The van der Waals surface area contributed by atoms with Gasteiger partial charge < -0.3 is 10.0 Å². The number of H-pyrrole nitrogens is 1. The second kappa shape index (κ2) is 7.80. The number of halogens is 1. The van der Waals surface area contributed by atoms with Crippen LogP contribution in [0, 0.1) is 13.8 Å². The maximum Gasteiger partial charge on any atom is 0.273 e. The van der Waals surface area contributed by atoms with Crippen LogP contribution in [0.25, 0.3) is 11.3 Å². The van der Waals surface area contributed by atoms with Crippen LogP contribution in [-0.4, -0.2) is 31.1 Å². The molecule has 2 aromatic carbocycles. The van der Waals surface area contributed by atoms with Crippen LogP contribution >= 0.6 is 11.6 Å². The number of carbonyl (C=O) groups is 1. The van der Waals surface area contributed by atoms with Crippen molar-refractivity contribution in [3.05, 3.63) is 99.5 Å². The van der Waals surface area contributed by atoms with Crippen molar-refractivity contribution >= 4 is 17.5 Å². The lowest BCUT2D eigenvalue weighted by molar-refractivity contribution is 0.0730. The van der Waals surface area contributed by atoms with Gasteiger partial charge in [0.05, 0.1) is 6.04 Å². The summed E-state index contributed by atoms with van der Waals surface area (Å²) >= 11 is 6.32. The second-order valence-corrected chi connectivity index (χ2v) is 8.53. The van der Waals surface area contributed by atoms with E-state index in [4.69, 9.17) is 11.6 Å². The van der Waals surface area contributed by atoms with Crippen LogP contribution in [0.15, 0.2) is 60.9 Å². The summed E-state index contributed by atoms with van der Waals surface area (Å²) in [6, 6.07) is 14.7. The molecule has 2 aromatic heterocycles. The molecule has 2 N–H and O–H groups in total. The molecular formula is C25H21ClN4O2. The van der Waals surface area contributed by atoms with Crippen molar-refractivity contribution in [3.63, 3.8) is 0 Å². The molecule has 1 amide bonds. The van der Waals surface area contributed by atoms with Crippen LogP contribution in [0.4, 0.5) is 0 Å². The Morgan fingerprint density at radius 2 is 2.00 bits per heavy atom. The Kier molecular flexibility index (Phi) is 4.94. The van der Waals surface area contributed by atoms with E-state index < -0.39 is 6.04 Å². The van der Waals surface area contributed by atoms with Gasteiger partial charge in [0.15, 0.2) is 0 Å².